The van der Waals surface area contributed by atoms with Crippen molar-refractivity contribution in [1.29, 1.82) is 0 Å². The zero-order valence-corrected chi connectivity index (χ0v) is 10.6. The van der Waals surface area contributed by atoms with Crippen molar-refractivity contribution in [1.82, 2.24) is 15.0 Å². The van der Waals surface area contributed by atoms with Crippen LogP contribution < -0.4 is 0 Å². The van der Waals surface area contributed by atoms with Gasteiger partial charge in [-0.1, -0.05) is 31.7 Å². The Balaban J connectivity index is 2.69. The molecule has 1 heterocycles. The molecule has 0 aliphatic carbocycles. The molecule has 0 aliphatic rings. The molecule has 0 saturated carbocycles. The van der Waals surface area contributed by atoms with Crippen molar-refractivity contribution in [3.05, 3.63) is 24.0 Å². The molecule has 1 aromatic rings. The van der Waals surface area contributed by atoms with Crippen LogP contribution in [0.4, 0.5) is 0 Å². The molecule has 0 fully saturated rings. The summed E-state index contributed by atoms with van der Waals surface area (Å²) in [4.78, 5) is 11.6. The summed E-state index contributed by atoms with van der Waals surface area (Å²) in [6.45, 7) is 10.6. The minimum atomic E-state index is -0.446. The molecule has 17 heavy (non-hydrogen) atoms. The SMILES string of the molecule is C=CCOC(=O)c1nnn(CCC(C)C)c1C. The summed E-state index contributed by atoms with van der Waals surface area (Å²) in [5.74, 6) is 0.146. The normalized spacial score (nSPS) is 10.6. The fourth-order valence-electron chi connectivity index (χ4n) is 1.34. The molecule has 0 spiro atoms. The average molecular weight is 237 g/mol. The first-order valence-corrected chi connectivity index (χ1v) is 5.74. The number of carbonyl (C=O) groups excluding carboxylic acids is 1. The third-order valence-electron chi connectivity index (χ3n) is 2.43. The van der Waals surface area contributed by atoms with E-state index in [0.29, 0.717) is 5.92 Å². The molecule has 0 amide bonds. The van der Waals surface area contributed by atoms with Crippen LogP contribution in [0.25, 0.3) is 0 Å². The van der Waals surface area contributed by atoms with Gasteiger partial charge in [-0.25, -0.2) is 9.48 Å². The lowest BCUT2D eigenvalue weighted by atomic mass is 10.1. The number of aryl methyl sites for hydroxylation is 1. The van der Waals surface area contributed by atoms with Crippen molar-refractivity contribution in [3.8, 4) is 0 Å². The smallest absolute Gasteiger partial charge is 0.361 e. The molecule has 1 aromatic heterocycles. The van der Waals surface area contributed by atoms with Crippen molar-refractivity contribution >= 4 is 5.97 Å². The fraction of sp³-hybridized carbons (Fsp3) is 0.583. The Labute approximate surface area is 101 Å². The third kappa shape index (κ3) is 3.69. The van der Waals surface area contributed by atoms with Crippen LogP contribution in [0.5, 0.6) is 0 Å². The molecule has 0 N–H and O–H groups in total. The summed E-state index contributed by atoms with van der Waals surface area (Å²) >= 11 is 0. The van der Waals surface area contributed by atoms with Gasteiger partial charge in [0.1, 0.15) is 6.61 Å². The van der Waals surface area contributed by atoms with Crippen molar-refractivity contribution in [2.45, 2.75) is 33.7 Å². The predicted octanol–water partition coefficient (Wildman–Crippen LogP) is 1.98. The highest BCUT2D eigenvalue weighted by atomic mass is 16.5. The number of aromatic nitrogens is 3. The van der Waals surface area contributed by atoms with E-state index in [1.165, 1.54) is 6.08 Å². The standard InChI is InChI=1S/C12H19N3O2/c1-5-8-17-12(16)11-10(4)15(14-13-11)7-6-9(2)3/h5,9H,1,6-8H2,2-4H3. The molecule has 0 radical (unpaired) electrons. The van der Waals surface area contributed by atoms with Gasteiger partial charge >= 0.3 is 5.97 Å². The molecule has 0 unspecified atom stereocenters. The Bertz CT molecular complexity index is 396. The monoisotopic (exact) mass is 237 g/mol. The van der Waals surface area contributed by atoms with Gasteiger partial charge in [0.2, 0.25) is 0 Å². The molecular formula is C12H19N3O2. The number of nitrogens with zero attached hydrogens (tertiary/aromatic N) is 3. The maximum Gasteiger partial charge on any atom is 0.361 e. The molecule has 1 rings (SSSR count). The molecule has 0 atom stereocenters. The number of ether oxygens (including phenoxy) is 1. The van der Waals surface area contributed by atoms with E-state index in [9.17, 15) is 4.79 Å². The van der Waals surface area contributed by atoms with Crippen LogP contribution in [-0.4, -0.2) is 27.6 Å². The molecule has 94 valence electrons. The quantitative estimate of drug-likeness (QED) is 0.560. The minimum Gasteiger partial charge on any atom is -0.457 e. The van der Waals surface area contributed by atoms with Gasteiger partial charge < -0.3 is 4.74 Å². The van der Waals surface area contributed by atoms with E-state index in [-0.39, 0.29) is 12.3 Å². The van der Waals surface area contributed by atoms with Crippen LogP contribution in [0, 0.1) is 12.8 Å². The van der Waals surface area contributed by atoms with Crippen molar-refractivity contribution in [3.63, 3.8) is 0 Å². The van der Waals surface area contributed by atoms with E-state index >= 15 is 0 Å². The zero-order chi connectivity index (χ0) is 12.8. The first kappa shape index (κ1) is 13.4. The topological polar surface area (TPSA) is 57.0 Å². The lowest BCUT2D eigenvalue weighted by Crippen LogP contribution is -2.09. The number of hydrogen-bond acceptors (Lipinski definition) is 4. The van der Waals surface area contributed by atoms with Crippen molar-refractivity contribution in [2.75, 3.05) is 6.61 Å². The first-order chi connectivity index (χ1) is 8.06. The average Bonchev–Trinajstić information content (AvgIpc) is 2.65. The summed E-state index contributed by atoms with van der Waals surface area (Å²) in [5, 5.41) is 7.81. The summed E-state index contributed by atoms with van der Waals surface area (Å²) in [7, 11) is 0. The van der Waals surface area contributed by atoms with Gasteiger partial charge in [-0.15, -0.1) is 5.10 Å². The predicted molar refractivity (Wildman–Crippen MR) is 64.7 cm³/mol. The van der Waals surface area contributed by atoms with Crippen LogP contribution >= 0.6 is 0 Å². The van der Waals surface area contributed by atoms with Gasteiger partial charge in [-0.2, -0.15) is 0 Å². The van der Waals surface area contributed by atoms with E-state index in [4.69, 9.17) is 4.74 Å². The Morgan fingerprint density at radius 1 is 1.59 bits per heavy atom. The summed E-state index contributed by atoms with van der Waals surface area (Å²) < 4.78 is 6.66. The second-order valence-corrected chi connectivity index (χ2v) is 4.32. The Morgan fingerprint density at radius 3 is 2.88 bits per heavy atom. The second-order valence-electron chi connectivity index (χ2n) is 4.32. The molecule has 0 bridgehead atoms. The van der Waals surface area contributed by atoms with Crippen LogP contribution in [0.2, 0.25) is 0 Å². The molecule has 5 heteroatoms. The molecule has 5 nitrogen and oxygen atoms in total. The lowest BCUT2D eigenvalue weighted by molar-refractivity contribution is 0.0542. The van der Waals surface area contributed by atoms with E-state index < -0.39 is 5.97 Å². The third-order valence-corrected chi connectivity index (χ3v) is 2.43. The van der Waals surface area contributed by atoms with Crippen LogP contribution in [0.15, 0.2) is 12.7 Å². The van der Waals surface area contributed by atoms with Gasteiger partial charge in [-0.05, 0) is 19.3 Å². The molecule has 0 saturated heterocycles. The summed E-state index contributed by atoms with van der Waals surface area (Å²) in [6, 6.07) is 0. The van der Waals surface area contributed by atoms with Gasteiger partial charge in [0.15, 0.2) is 5.69 Å². The first-order valence-electron chi connectivity index (χ1n) is 5.74. The van der Waals surface area contributed by atoms with E-state index in [1.807, 2.05) is 6.92 Å². The maximum atomic E-state index is 11.6. The number of rotatable bonds is 6. The zero-order valence-electron chi connectivity index (χ0n) is 10.6. The maximum absolute atomic E-state index is 11.6. The van der Waals surface area contributed by atoms with Crippen molar-refractivity contribution in [2.24, 2.45) is 5.92 Å². The summed E-state index contributed by atoms with van der Waals surface area (Å²) in [5.41, 5.74) is 1.04. The van der Waals surface area contributed by atoms with E-state index in [1.54, 1.807) is 4.68 Å². The molecule has 0 aromatic carbocycles. The Kier molecular flexibility index (Phi) is 4.87. The van der Waals surface area contributed by atoms with Gasteiger partial charge in [0.25, 0.3) is 0 Å². The largest absolute Gasteiger partial charge is 0.457 e. The highest BCUT2D eigenvalue weighted by Gasteiger charge is 2.17. The van der Waals surface area contributed by atoms with Crippen LogP contribution in [-0.2, 0) is 11.3 Å². The van der Waals surface area contributed by atoms with E-state index in [2.05, 4.69) is 30.7 Å². The number of hydrogen-bond donors (Lipinski definition) is 0. The Hall–Kier alpha value is -1.65. The molecular weight excluding hydrogens is 218 g/mol. The van der Waals surface area contributed by atoms with Gasteiger partial charge in [0, 0.05) is 6.54 Å². The highest BCUT2D eigenvalue weighted by molar-refractivity contribution is 5.88. The van der Waals surface area contributed by atoms with E-state index in [0.717, 1.165) is 18.7 Å². The number of carbonyl (C=O) groups is 1. The minimum absolute atomic E-state index is 0.192. The molecule has 0 aliphatic heterocycles. The number of esters is 1. The second kappa shape index (κ2) is 6.18. The Morgan fingerprint density at radius 2 is 2.29 bits per heavy atom. The van der Waals surface area contributed by atoms with Crippen LogP contribution in [0.1, 0.15) is 36.5 Å². The van der Waals surface area contributed by atoms with Gasteiger partial charge in [-0.3, -0.25) is 0 Å². The fourth-order valence-corrected chi connectivity index (χ4v) is 1.34. The summed E-state index contributed by atoms with van der Waals surface area (Å²) in [6.07, 6.45) is 2.53. The lowest BCUT2D eigenvalue weighted by Gasteiger charge is -2.05. The highest BCUT2D eigenvalue weighted by Crippen LogP contribution is 2.08. The van der Waals surface area contributed by atoms with Gasteiger partial charge in [0.05, 0.1) is 5.69 Å². The van der Waals surface area contributed by atoms with Crippen LogP contribution in [0.3, 0.4) is 0 Å². The van der Waals surface area contributed by atoms with Crippen molar-refractivity contribution < 1.29 is 9.53 Å².